The zero-order valence-corrected chi connectivity index (χ0v) is 6.25. The van der Waals surface area contributed by atoms with Crippen LogP contribution in [-0.4, -0.2) is 28.6 Å². The van der Waals surface area contributed by atoms with Crippen LogP contribution < -0.4 is 11.5 Å². The molecular formula is C6H16N2O2. The number of hydrogen-bond acceptors (Lipinski definition) is 4. The third-order valence-electron chi connectivity index (χ3n) is 1.51. The molecule has 0 rings (SSSR count). The van der Waals surface area contributed by atoms with Crippen molar-refractivity contribution in [3.8, 4) is 0 Å². The Morgan fingerprint density at radius 2 is 2.10 bits per heavy atom. The summed E-state index contributed by atoms with van der Waals surface area (Å²) in [5, 5.41) is 18.3. The van der Waals surface area contributed by atoms with E-state index < -0.39 is 11.8 Å². The molecule has 0 saturated carbocycles. The summed E-state index contributed by atoms with van der Waals surface area (Å²) >= 11 is 0. The van der Waals surface area contributed by atoms with Crippen LogP contribution in [0, 0.1) is 0 Å². The van der Waals surface area contributed by atoms with E-state index in [2.05, 4.69) is 0 Å². The smallest absolute Gasteiger partial charge is 0.140 e. The average Bonchev–Trinajstić information content (AvgIpc) is 1.86. The Bertz CT molecular complexity index is 95.7. The summed E-state index contributed by atoms with van der Waals surface area (Å²) in [4.78, 5) is 0. The normalized spacial score (nSPS) is 20.1. The van der Waals surface area contributed by atoms with Gasteiger partial charge in [-0.15, -0.1) is 0 Å². The Hall–Kier alpha value is -0.160. The largest absolute Gasteiger partial charge is 0.389 e. The highest BCUT2D eigenvalue weighted by Gasteiger charge is 2.28. The van der Waals surface area contributed by atoms with Crippen LogP contribution in [0.25, 0.3) is 0 Å². The molecule has 2 unspecified atom stereocenters. The van der Waals surface area contributed by atoms with E-state index in [1.54, 1.807) is 6.92 Å². The quantitative estimate of drug-likeness (QED) is 0.375. The fraction of sp³-hybridized carbons (Fsp3) is 1.00. The minimum absolute atomic E-state index is 0.224. The van der Waals surface area contributed by atoms with Crippen molar-refractivity contribution in [1.29, 1.82) is 0 Å². The first-order valence-electron chi connectivity index (χ1n) is 3.44. The number of rotatable bonds is 4. The summed E-state index contributed by atoms with van der Waals surface area (Å²) in [6.07, 6.45) is -0.217. The molecule has 0 radical (unpaired) electrons. The van der Waals surface area contributed by atoms with Crippen molar-refractivity contribution in [3.63, 3.8) is 0 Å². The summed E-state index contributed by atoms with van der Waals surface area (Å²) in [6, 6.07) is 0. The lowest BCUT2D eigenvalue weighted by molar-refractivity contribution is -0.0754. The van der Waals surface area contributed by atoms with Crippen LogP contribution in [0.1, 0.15) is 19.8 Å². The first-order valence-corrected chi connectivity index (χ1v) is 3.44. The van der Waals surface area contributed by atoms with Gasteiger partial charge in [0.05, 0.1) is 6.10 Å². The Morgan fingerprint density at radius 1 is 1.60 bits per heavy atom. The maximum atomic E-state index is 9.23. The molecule has 0 bridgehead atoms. The highest BCUT2D eigenvalue weighted by atomic mass is 16.4. The van der Waals surface area contributed by atoms with E-state index in [4.69, 9.17) is 16.6 Å². The maximum absolute atomic E-state index is 9.23. The molecule has 0 aliphatic heterocycles. The van der Waals surface area contributed by atoms with Crippen LogP contribution in [0.3, 0.4) is 0 Å². The van der Waals surface area contributed by atoms with Gasteiger partial charge in [0.1, 0.15) is 5.72 Å². The van der Waals surface area contributed by atoms with Crippen LogP contribution in [0.15, 0.2) is 0 Å². The standard InChI is InChI=1S/C6H16N2O2/c1-2-5(9)6(8,10)3-4-7/h5,9-10H,2-4,7-8H2,1H3. The van der Waals surface area contributed by atoms with Gasteiger partial charge in [-0.05, 0) is 13.0 Å². The van der Waals surface area contributed by atoms with Crippen LogP contribution in [0.5, 0.6) is 0 Å². The molecule has 0 aliphatic rings. The van der Waals surface area contributed by atoms with Crippen LogP contribution in [-0.2, 0) is 0 Å². The monoisotopic (exact) mass is 148 g/mol. The van der Waals surface area contributed by atoms with E-state index in [9.17, 15) is 5.11 Å². The van der Waals surface area contributed by atoms with Gasteiger partial charge in [0.25, 0.3) is 0 Å². The predicted octanol–water partition coefficient (Wildman–Crippen LogP) is -1.25. The number of aliphatic hydroxyl groups excluding tert-OH is 1. The van der Waals surface area contributed by atoms with Crippen molar-refractivity contribution in [3.05, 3.63) is 0 Å². The molecule has 10 heavy (non-hydrogen) atoms. The molecule has 6 N–H and O–H groups in total. The molecular weight excluding hydrogens is 132 g/mol. The number of hydrogen-bond donors (Lipinski definition) is 4. The second-order valence-electron chi connectivity index (χ2n) is 2.45. The van der Waals surface area contributed by atoms with Gasteiger partial charge < -0.3 is 21.7 Å². The van der Waals surface area contributed by atoms with Gasteiger partial charge in [-0.1, -0.05) is 6.92 Å². The first kappa shape index (κ1) is 9.84. The molecule has 62 valence electrons. The summed E-state index contributed by atoms with van der Waals surface area (Å²) in [5.41, 5.74) is 8.95. The molecule has 0 spiro atoms. The second kappa shape index (κ2) is 3.88. The molecule has 0 saturated heterocycles. The van der Waals surface area contributed by atoms with Gasteiger partial charge >= 0.3 is 0 Å². The highest BCUT2D eigenvalue weighted by Crippen LogP contribution is 2.09. The van der Waals surface area contributed by atoms with Gasteiger partial charge in [0.2, 0.25) is 0 Å². The van der Waals surface area contributed by atoms with Gasteiger partial charge in [0.15, 0.2) is 0 Å². The Labute approximate surface area is 60.8 Å². The maximum Gasteiger partial charge on any atom is 0.140 e. The Morgan fingerprint density at radius 3 is 2.40 bits per heavy atom. The van der Waals surface area contributed by atoms with E-state index in [1.807, 2.05) is 0 Å². The molecule has 4 nitrogen and oxygen atoms in total. The molecule has 0 heterocycles. The summed E-state index contributed by atoms with van der Waals surface area (Å²) in [6.45, 7) is 2.03. The molecule has 0 fully saturated rings. The molecule has 0 amide bonds. The lowest BCUT2D eigenvalue weighted by Crippen LogP contribution is -2.51. The van der Waals surface area contributed by atoms with Crippen LogP contribution in [0.2, 0.25) is 0 Å². The molecule has 4 heteroatoms. The van der Waals surface area contributed by atoms with E-state index in [-0.39, 0.29) is 13.0 Å². The summed E-state index contributed by atoms with van der Waals surface area (Å²) in [7, 11) is 0. The highest BCUT2D eigenvalue weighted by molar-refractivity contribution is 4.78. The van der Waals surface area contributed by atoms with Crippen molar-refractivity contribution in [1.82, 2.24) is 0 Å². The van der Waals surface area contributed by atoms with Crippen molar-refractivity contribution in [2.24, 2.45) is 11.5 Å². The minimum atomic E-state index is -1.51. The number of aliphatic hydroxyl groups is 2. The van der Waals surface area contributed by atoms with Gasteiger partial charge in [-0.25, -0.2) is 0 Å². The SMILES string of the molecule is CCC(O)C(N)(O)CCN. The topological polar surface area (TPSA) is 92.5 Å². The van der Waals surface area contributed by atoms with Crippen LogP contribution >= 0.6 is 0 Å². The van der Waals surface area contributed by atoms with Gasteiger partial charge in [0, 0.05) is 6.42 Å². The van der Waals surface area contributed by atoms with Crippen molar-refractivity contribution in [2.75, 3.05) is 6.54 Å². The molecule has 2 atom stereocenters. The number of nitrogens with two attached hydrogens (primary N) is 2. The Kier molecular flexibility index (Phi) is 3.81. The average molecular weight is 148 g/mol. The van der Waals surface area contributed by atoms with E-state index in [0.29, 0.717) is 6.42 Å². The minimum Gasteiger partial charge on any atom is -0.389 e. The zero-order valence-electron chi connectivity index (χ0n) is 6.25. The van der Waals surface area contributed by atoms with Gasteiger partial charge in [-0.3, -0.25) is 0 Å². The van der Waals surface area contributed by atoms with E-state index in [1.165, 1.54) is 0 Å². The zero-order chi connectivity index (χ0) is 8.20. The van der Waals surface area contributed by atoms with Crippen LogP contribution in [0.4, 0.5) is 0 Å². The fourth-order valence-corrected chi connectivity index (χ4v) is 0.751. The molecule has 0 aromatic rings. The van der Waals surface area contributed by atoms with Crippen molar-refractivity contribution in [2.45, 2.75) is 31.6 Å². The van der Waals surface area contributed by atoms with E-state index >= 15 is 0 Å². The predicted molar refractivity (Wildman–Crippen MR) is 39.1 cm³/mol. The third kappa shape index (κ3) is 2.62. The summed E-state index contributed by atoms with van der Waals surface area (Å²) in [5.74, 6) is 0. The summed E-state index contributed by atoms with van der Waals surface area (Å²) < 4.78 is 0. The molecule has 0 aromatic heterocycles. The van der Waals surface area contributed by atoms with Gasteiger partial charge in [-0.2, -0.15) is 0 Å². The second-order valence-corrected chi connectivity index (χ2v) is 2.45. The van der Waals surface area contributed by atoms with Crippen molar-refractivity contribution < 1.29 is 10.2 Å². The van der Waals surface area contributed by atoms with E-state index in [0.717, 1.165) is 0 Å². The lowest BCUT2D eigenvalue weighted by atomic mass is 10.0. The third-order valence-corrected chi connectivity index (χ3v) is 1.51. The molecule has 0 aliphatic carbocycles. The Balaban J connectivity index is 3.82. The molecule has 0 aromatic carbocycles. The fourth-order valence-electron chi connectivity index (χ4n) is 0.751. The van der Waals surface area contributed by atoms with Crippen molar-refractivity contribution >= 4 is 0 Å². The first-order chi connectivity index (χ1) is 4.54. The lowest BCUT2D eigenvalue weighted by Gasteiger charge is -2.27.